The van der Waals surface area contributed by atoms with Gasteiger partial charge >= 0.3 is 12.1 Å². The molecule has 20 heavy (non-hydrogen) atoms. The smallest absolute Gasteiger partial charge is 0.416 e. The molecular weight excluding hydrogens is 273 g/mol. The van der Waals surface area contributed by atoms with Crippen LogP contribution in [-0.2, 0) is 12.7 Å². The van der Waals surface area contributed by atoms with Gasteiger partial charge in [-0.2, -0.15) is 13.2 Å². The number of carboxylic acid groups (broad SMARTS) is 1. The van der Waals surface area contributed by atoms with Gasteiger partial charge in [-0.15, -0.1) is 0 Å². The molecule has 4 nitrogen and oxygen atoms in total. The van der Waals surface area contributed by atoms with Gasteiger partial charge in [0.2, 0.25) is 0 Å². The van der Waals surface area contributed by atoms with E-state index in [9.17, 15) is 18.0 Å². The van der Waals surface area contributed by atoms with E-state index in [1.807, 2.05) is 4.90 Å². The highest BCUT2D eigenvalue weighted by atomic mass is 19.4. The summed E-state index contributed by atoms with van der Waals surface area (Å²) in [4.78, 5) is 12.7. The molecule has 0 aliphatic carbocycles. The van der Waals surface area contributed by atoms with Crippen molar-refractivity contribution in [2.24, 2.45) is 0 Å². The molecule has 2 rings (SSSR count). The monoisotopic (exact) mass is 288 g/mol. The van der Waals surface area contributed by atoms with Crippen molar-refractivity contribution in [1.29, 1.82) is 0 Å². The average molecular weight is 288 g/mol. The topological polar surface area (TPSA) is 52.6 Å². The summed E-state index contributed by atoms with van der Waals surface area (Å²) in [6.07, 6.45) is -4.55. The Balaban J connectivity index is 2.28. The summed E-state index contributed by atoms with van der Waals surface area (Å²) in [7, 11) is 0. The average Bonchev–Trinajstić information content (AvgIpc) is 2.39. The van der Waals surface area contributed by atoms with Crippen LogP contribution in [0.2, 0.25) is 0 Å². The third-order valence-electron chi connectivity index (χ3n) is 3.27. The fourth-order valence-electron chi connectivity index (χ4n) is 2.22. The number of aromatic carboxylic acids is 1. The van der Waals surface area contributed by atoms with Crippen molar-refractivity contribution in [3.63, 3.8) is 0 Å². The lowest BCUT2D eigenvalue weighted by Crippen LogP contribution is -2.43. The first kappa shape index (κ1) is 14.8. The van der Waals surface area contributed by atoms with Crippen molar-refractivity contribution in [1.82, 2.24) is 10.2 Å². The third kappa shape index (κ3) is 3.49. The van der Waals surface area contributed by atoms with Crippen LogP contribution in [-0.4, -0.2) is 42.2 Å². The van der Waals surface area contributed by atoms with E-state index in [0.29, 0.717) is 19.2 Å². The number of piperazine rings is 1. The number of nitrogens with zero attached hydrogens (tertiary/aromatic N) is 1. The number of halogens is 3. The molecule has 1 aromatic rings. The normalized spacial score (nSPS) is 17.1. The summed E-state index contributed by atoms with van der Waals surface area (Å²) in [6, 6.07) is 3.18. The Morgan fingerprint density at radius 1 is 1.30 bits per heavy atom. The molecule has 1 aliphatic heterocycles. The molecule has 0 aromatic heterocycles. The van der Waals surface area contributed by atoms with Crippen LogP contribution >= 0.6 is 0 Å². The second-order valence-electron chi connectivity index (χ2n) is 4.70. The number of carbonyl (C=O) groups is 1. The fraction of sp³-hybridized carbons (Fsp3) is 0.462. The minimum absolute atomic E-state index is 0.115. The van der Waals surface area contributed by atoms with E-state index in [2.05, 4.69) is 5.32 Å². The van der Waals surface area contributed by atoms with Gasteiger partial charge in [0.05, 0.1) is 11.1 Å². The number of rotatable bonds is 3. The number of hydrogen-bond acceptors (Lipinski definition) is 3. The number of carboxylic acids is 1. The van der Waals surface area contributed by atoms with Gasteiger partial charge in [0.15, 0.2) is 0 Å². The molecule has 110 valence electrons. The third-order valence-corrected chi connectivity index (χ3v) is 3.27. The van der Waals surface area contributed by atoms with Crippen molar-refractivity contribution in [3.8, 4) is 0 Å². The summed E-state index contributed by atoms with van der Waals surface area (Å²) in [5.41, 5.74) is -1.10. The van der Waals surface area contributed by atoms with E-state index in [0.717, 1.165) is 13.1 Å². The van der Waals surface area contributed by atoms with Gasteiger partial charge in [0.25, 0.3) is 0 Å². The Morgan fingerprint density at radius 2 is 1.95 bits per heavy atom. The van der Waals surface area contributed by atoms with Gasteiger partial charge in [-0.25, -0.2) is 4.79 Å². The molecule has 0 radical (unpaired) electrons. The van der Waals surface area contributed by atoms with Gasteiger partial charge in [0.1, 0.15) is 0 Å². The van der Waals surface area contributed by atoms with Crippen molar-refractivity contribution in [2.45, 2.75) is 12.7 Å². The second-order valence-corrected chi connectivity index (χ2v) is 4.70. The maximum atomic E-state index is 13.0. The van der Waals surface area contributed by atoms with Crippen molar-refractivity contribution >= 4 is 5.97 Å². The summed E-state index contributed by atoms with van der Waals surface area (Å²) in [6.45, 7) is 3.02. The zero-order valence-corrected chi connectivity index (χ0v) is 10.7. The Labute approximate surface area is 114 Å². The summed E-state index contributed by atoms with van der Waals surface area (Å²) >= 11 is 0. The molecule has 1 heterocycles. The maximum absolute atomic E-state index is 13.0. The number of nitrogens with one attached hydrogen (secondary N) is 1. The maximum Gasteiger partial charge on any atom is 0.416 e. The van der Waals surface area contributed by atoms with E-state index in [4.69, 9.17) is 5.11 Å². The van der Waals surface area contributed by atoms with Gasteiger partial charge in [-0.3, -0.25) is 4.90 Å². The second kappa shape index (κ2) is 5.80. The first-order chi connectivity index (χ1) is 9.38. The molecule has 0 spiro atoms. The Kier molecular flexibility index (Phi) is 4.29. The molecule has 1 saturated heterocycles. The van der Waals surface area contributed by atoms with Crippen LogP contribution in [0.15, 0.2) is 18.2 Å². The summed E-state index contributed by atoms with van der Waals surface area (Å²) in [5.74, 6) is -1.36. The predicted octanol–water partition coefficient (Wildman–Crippen LogP) is 1.81. The fourth-order valence-corrected chi connectivity index (χ4v) is 2.22. The van der Waals surface area contributed by atoms with E-state index in [1.54, 1.807) is 0 Å². The molecule has 2 N–H and O–H groups in total. The largest absolute Gasteiger partial charge is 0.478 e. The SMILES string of the molecule is O=C(O)c1ccc(CN2CCNCC2)c(C(F)(F)F)c1. The van der Waals surface area contributed by atoms with Crippen LogP contribution in [0.4, 0.5) is 13.2 Å². The van der Waals surface area contributed by atoms with Crippen LogP contribution in [0, 0.1) is 0 Å². The number of alkyl halides is 3. The van der Waals surface area contributed by atoms with E-state index in [1.165, 1.54) is 12.1 Å². The van der Waals surface area contributed by atoms with Crippen molar-refractivity contribution in [2.75, 3.05) is 26.2 Å². The predicted molar refractivity (Wildman–Crippen MR) is 66.6 cm³/mol. The van der Waals surface area contributed by atoms with E-state index >= 15 is 0 Å². The number of hydrogen-bond donors (Lipinski definition) is 2. The lowest BCUT2D eigenvalue weighted by Gasteiger charge is -2.28. The molecule has 7 heteroatoms. The minimum Gasteiger partial charge on any atom is -0.478 e. The van der Waals surface area contributed by atoms with Gasteiger partial charge in [-0.1, -0.05) is 6.07 Å². The lowest BCUT2D eigenvalue weighted by molar-refractivity contribution is -0.138. The lowest BCUT2D eigenvalue weighted by atomic mass is 10.0. The molecular formula is C13H15F3N2O2. The molecule has 0 saturated carbocycles. The van der Waals surface area contributed by atoms with E-state index in [-0.39, 0.29) is 17.7 Å². The first-order valence-corrected chi connectivity index (χ1v) is 6.24. The first-order valence-electron chi connectivity index (χ1n) is 6.24. The highest BCUT2D eigenvalue weighted by Crippen LogP contribution is 2.33. The van der Waals surface area contributed by atoms with Gasteiger partial charge in [0, 0.05) is 32.7 Å². The molecule has 1 fully saturated rings. The molecule has 0 amide bonds. The van der Waals surface area contributed by atoms with Crippen LogP contribution in [0.3, 0.4) is 0 Å². The highest BCUT2D eigenvalue weighted by Gasteiger charge is 2.34. The van der Waals surface area contributed by atoms with Gasteiger partial charge in [-0.05, 0) is 17.7 Å². The van der Waals surface area contributed by atoms with Gasteiger partial charge < -0.3 is 10.4 Å². The zero-order chi connectivity index (χ0) is 14.8. The standard InChI is InChI=1S/C13H15F3N2O2/c14-13(15,16)11-7-9(12(19)20)1-2-10(11)8-18-5-3-17-4-6-18/h1-2,7,17H,3-6,8H2,(H,19,20). The molecule has 1 aliphatic rings. The van der Waals surface area contributed by atoms with Crippen LogP contribution in [0.5, 0.6) is 0 Å². The highest BCUT2D eigenvalue weighted by molar-refractivity contribution is 5.88. The van der Waals surface area contributed by atoms with Crippen LogP contribution in [0.1, 0.15) is 21.5 Å². The molecule has 1 aromatic carbocycles. The minimum atomic E-state index is -4.55. The van der Waals surface area contributed by atoms with Crippen molar-refractivity contribution < 1.29 is 23.1 Å². The Morgan fingerprint density at radius 3 is 2.50 bits per heavy atom. The molecule has 0 unspecified atom stereocenters. The van der Waals surface area contributed by atoms with E-state index < -0.39 is 17.7 Å². The number of benzene rings is 1. The summed E-state index contributed by atoms with van der Waals surface area (Å²) < 4.78 is 39.1. The van der Waals surface area contributed by atoms with Crippen LogP contribution < -0.4 is 5.32 Å². The zero-order valence-electron chi connectivity index (χ0n) is 10.7. The Hall–Kier alpha value is -1.60. The van der Waals surface area contributed by atoms with Crippen molar-refractivity contribution in [3.05, 3.63) is 34.9 Å². The summed E-state index contributed by atoms with van der Waals surface area (Å²) in [5, 5.41) is 11.9. The Bertz CT molecular complexity index is 497. The quantitative estimate of drug-likeness (QED) is 0.890. The molecule has 0 bridgehead atoms. The van der Waals surface area contributed by atoms with Crippen LogP contribution in [0.25, 0.3) is 0 Å². The molecule has 0 atom stereocenters.